The van der Waals surface area contributed by atoms with Crippen molar-refractivity contribution in [3.05, 3.63) is 71.4 Å². The number of hydrogen-bond acceptors (Lipinski definition) is 13. The number of para-hydroxylation sites is 1. The van der Waals surface area contributed by atoms with E-state index < -0.39 is 120 Å². The molecule has 1 saturated heterocycles. The Bertz CT molecular complexity index is 2730. The zero-order chi connectivity index (χ0) is 57.3. The van der Waals surface area contributed by atoms with Crippen molar-refractivity contribution >= 4 is 81.6 Å². The Balaban J connectivity index is 1.81. The van der Waals surface area contributed by atoms with Gasteiger partial charge in [0.2, 0.25) is 47.3 Å². The second-order valence-corrected chi connectivity index (χ2v) is 19.1. The van der Waals surface area contributed by atoms with Crippen LogP contribution in [0.5, 0.6) is 0 Å². The van der Waals surface area contributed by atoms with Crippen molar-refractivity contribution in [1.29, 1.82) is 5.26 Å². The second kappa shape index (κ2) is 31.2. The Labute approximate surface area is 450 Å². The van der Waals surface area contributed by atoms with Crippen molar-refractivity contribution in [3.8, 4) is 6.07 Å². The van der Waals surface area contributed by atoms with Crippen LogP contribution in [-0.4, -0.2) is 126 Å². The summed E-state index contributed by atoms with van der Waals surface area (Å²) in [6.45, 7) is 1.28. The summed E-state index contributed by atoms with van der Waals surface area (Å²) in [5, 5.41) is 26.0. The molecule has 7 atom stereocenters. The average molecular weight is 1080 g/mol. The van der Waals surface area contributed by atoms with Crippen LogP contribution in [0, 0.1) is 23.2 Å². The standard InChI is InChI=1S/C52H72N16O10/c1-29(69)64-38(10-6-22-62-52(58)59)48(76)66-39-11-5-20-60-45(73)19-17-37(46(55)74)65-47(75)33(24-34-28-63-36-9-3-2-8-35(34)36)26-42(70)32(7-4-21-61-51(56)57)25-43(71)41(23-30-12-14-31(27-53)15-13-30)68-50(78)40(67-49(39)77)16-18-44(54)72/h2-3,8-9,12-15,28,32-33,37-41,63H,4-7,10-11,16-26H2,1H3,(H2,54,72)(H2,55,74)(H,60,73)(H,64,69)(H,65,75)(H,66,76)(H,67,77)(H,68,78)(H4,56,57,61)(H4,58,59,62)/t32-,33-,37+,38+,39+,40+,41-/m1/s1. The highest BCUT2D eigenvalue weighted by Crippen LogP contribution is 2.26. The number of Topliss-reactive ketones (excluding diaryl/α,β-unsaturated/α-hetero) is 2. The zero-order valence-electron chi connectivity index (χ0n) is 43.6. The molecule has 1 fully saturated rings. The lowest BCUT2D eigenvalue weighted by atomic mass is 9.83. The molecule has 3 aromatic rings. The van der Waals surface area contributed by atoms with Gasteiger partial charge in [0.15, 0.2) is 17.7 Å². The zero-order valence-corrected chi connectivity index (χ0v) is 43.6. The van der Waals surface area contributed by atoms with Crippen LogP contribution < -0.4 is 66.3 Å². The van der Waals surface area contributed by atoms with Crippen molar-refractivity contribution in [2.75, 3.05) is 19.6 Å². The summed E-state index contributed by atoms with van der Waals surface area (Å²) >= 11 is 0. The first-order valence-corrected chi connectivity index (χ1v) is 25.7. The first-order valence-electron chi connectivity index (χ1n) is 25.7. The average Bonchev–Trinajstić information content (AvgIpc) is 3.80. The van der Waals surface area contributed by atoms with Gasteiger partial charge in [0.25, 0.3) is 0 Å². The molecule has 0 aliphatic carbocycles. The minimum atomic E-state index is -1.56. The van der Waals surface area contributed by atoms with E-state index in [1.165, 1.54) is 19.1 Å². The predicted molar refractivity (Wildman–Crippen MR) is 287 cm³/mol. The summed E-state index contributed by atoms with van der Waals surface area (Å²) < 4.78 is 0. The topological polar surface area (TPSA) is 463 Å². The molecule has 420 valence electrons. The summed E-state index contributed by atoms with van der Waals surface area (Å²) in [6, 6.07) is 8.51. The van der Waals surface area contributed by atoms with Gasteiger partial charge in [-0.05, 0) is 93.5 Å². The van der Waals surface area contributed by atoms with Crippen molar-refractivity contribution in [2.45, 2.75) is 127 Å². The summed E-state index contributed by atoms with van der Waals surface area (Å²) in [5.74, 6) is -10.2. The Morgan fingerprint density at radius 2 is 1.42 bits per heavy atom. The lowest BCUT2D eigenvalue weighted by molar-refractivity contribution is -0.135. The monoisotopic (exact) mass is 1080 g/mol. The van der Waals surface area contributed by atoms with E-state index in [4.69, 9.17) is 34.4 Å². The first kappa shape index (κ1) is 61.7. The molecule has 4 rings (SSSR count). The minimum Gasteiger partial charge on any atom is -0.370 e. The van der Waals surface area contributed by atoms with Gasteiger partial charge in [-0.1, -0.05) is 30.3 Å². The molecule has 0 spiro atoms. The van der Waals surface area contributed by atoms with Crippen LogP contribution in [0.4, 0.5) is 0 Å². The number of nitrogens with zero attached hydrogens (tertiary/aromatic N) is 3. The molecule has 0 bridgehead atoms. The first-order chi connectivity index (χ1) is 37.1. The number of amides is 8. The highest BCUT2D eigenvalue weighted by atomic mass is 16.2. The van der Waals surface area contributed by atoms with Gasteiger partial charge in [-0.2, -0.15) is 5.26 Å². The van der Waals surface area contributed by atoms with Crippen LogP contribution in [0.3, 0.4) is 0 Å². The van der Waals surface area contributed by atoms with Crippen LogP contribution in [0.1, 0.15) is 101 Å². The Hall–Kier alpha value is -8.89. The predicted octanol–water partition coefficient (Wildman–Crippen LogP) is -2.03. The van der Waals surface area contributed by atoms with Gasteiger partial charge in [-0.15, -0.1) is 0 Å². The number of fused-ring (bicyclic) bond motifs is 1. The lowest BCUT2D eigenvalue weighted by Crippen LogP contribution is -2.58. The van der Waals surface area contributed by atoms with Crippen LogP contribution in [0.15, 0.2) is 64.7 Å². The number of H-pyrrole nitrogens is 1. The van der Waals surface area contributed by atoms with Gasteiger partial charge < -0.3 is 71.3 Å². The molecular weight excluding hydrogens is 1010 g/mol. The van der Waals surface area contributed by atoms with Crippen LogP contribution in [0.25, 0.3) is 10.9 Å². The molecule has 2 aromatic carbocycles. The number of aliphatic imine (C=N–C) groups is 2. The van der Waals surface area contributed by atoms with Gasteiger partial charge in [0.05, 0.1) is 17.7 Å². The molecule has 0 unspecified atom stereocenters. The van der Waals surface area contributed by atoms with E-state index in [-0.39, 0.29) is 102 Å². The number of primary amides is 2. The second-order valence-electron chi connectivity index (χ2n) is 19.1. The SMILES string of the molecule is CC(=O)N[C@@H](CCCN=C(N)N)C(=O)N[C@H]1CCCNC(=O)CC[C@@H](C(N)=O)NC(=O)[C@H](Cc2c[nH]c3ccccc23)CC(=O)[C@H](CCCN=C(N)N)CC(=O)[C@@H](Cc2ccc(C#N)cc2)NC(=O)[C@H](CCC(N)=O)NC1=O. The van der Waals surface area contributed by atoms with Gasteiger partial charge >= 0.3 is 0 Å². The molecule has 2 heterocycles. The molecule has 1 aromatic heterocycles. The molecule has 1 aliphatic rings. The van der Waals surface area contributed by atoms with Gasteiger partial charge in [0, 0.05) is 81.2 Å². The largest absolute Gasteiger partial charge is 0.370 e. The third-order valence-electron chi connectivity index (χ3n) is 13.0. The van der Waals surface area contributed by atoms with E-state index >= 15 is 0 Å². The Kier molecular flexibility index (Phi) is 24.7. The van der Waals surface area contributed by atoms with E-state index in [1.54, 1.807) is 24.4 Å². The van der Waals surface area contributed by atoms with Gasteiger partial charge in [-0.25, -0.2) is 0 Å². The number of carbonyl (C=O) groups is 10. The number of carbonyl (C=O) groups excluding carboxylic acids is 10. The summed E-state index contributed by atoms with van der Waals surface area (Å²) in [4.78, 5) is 148. The number of hydrogen-bond donors (Lipinski definition) is 13. The maximum Gasteiger partial charge on any atom is 0.243 e. The number of benzene rings is 2. The number of nitrogens with one attached hydrogen (secondary N) is 7. The fourth-order valence-electron chi connectivity index (χ4n) is 8.87. The molecule has 1 aliphatic heterocycles. The number of guanidine groups is 2. The highest BCUT2D eigenvalue weighted by molar-refractivity contribution is 5.98. The number of nitrogens with two attached hydrogens (primary N) is 6. The van der Waals surface area contributed by atoms with Crippen LogP contribution >= 0.6 is 0 Å². The van der Waals surface area contributed by atoms with Gasteiger partial charge in [-0.3, -0.25) is 57.9 Å². The maximum atomic E-state index is 14.8. The van der Waals surface area contributed by atoms with Crippen molar-refractivity contribution in [3.63, 3.8) is 0 Å². The molecule has 78 heavy (non-hydrogen) atoms. The summed E-state index contributed by atoms with van der Waals surface area (Å²) in [5.41, 5.74) is 35.6. The molecule has 19 N–H and O–H groups in total. The van der Waals surface area contributed by atoms with Crippen LogP contribution in [-0.2, 0) is 60.8 Å². The Morgan fingerprint density at radius 3 is 2.08 bits per heavy atom. The third-order valence-corrected chi connectivity index (χ3v) is 13.0. The van der Waals surface area contributed by atoms with E-state index in [9.17, 15) is 53.2 Å². The Morgan fingerprint density at radius 1 is 0.756 bits per heavy atom. The smallest absolute Gasteiger partial charge is 0.243 e. The summed E-state index contributed by atoms with van der Waals surface area (Å²) in [7, 11) is 0. The molecule has 0 radical (unpaired) electrons. The van der Waals surface area contributed by atoms with E-state index in [0.717, 1.165) is 10.9 Å². The molecule has 8 amide bonds. The van der Waals surface area contributed by atoms with Crippen molar-refractivity contribution < 1.29 is 47.9 Å². The number of aromatic nitrogens is 1. The fourth-order valence-corrected chi connectivity index (χ4v) is 8.87. The highest BCUT2D eigenvalue weighted by Gasteiger charge is 2.35. The fraction of sp³-hybridized carbons (Fsp3) is 0.481. The molecular formula is C52H72N16O10. The maximum absolute atomic E-state index is 14.8. The molecule has 26 nitrogen and oxygen atoms in total. The summed E-state index contributed by atoms with van der Waals surface area (Å²) in [6.07, 6.45) is -0.410. The third kappa shape index (κ3) is 21.0. The quantitative estimate of drug-likeness (QED) is 0.0350. The number of ketones is 2. The number of rotatable bonds is 19. The normalized spacial score (nSPS) is 20.8. The molecule has 26 heteroatoms. The van der Waals surface area contributed by atoms with E-state index in [1.807, 2.05) is 24.3 Å². The van der Waals surface area contributed by atoms with Crippen molar-refractivity contribution in [1.82, 2.24) is 36.9 Å². The minimum absolute atomic E-state index is 0.00716. The number of aromatic amines is 1. The van der Waals surface area contributed by atoms with Crippen molar-refractivity contribution in [2.24, 2.45) is 56.2 Å². The van der Waals surface area contributed by atoms with E-state index in [2.05, 4.69) is 46.9 Å². The molecule has 0 saturated carbocycles. The number of nitriles is 1. The lowest BCUT2D eigenvalue weighted by Gasteiger charge is -2.27. The van der Waals surface area contributed by atoms with Crippen LogP contribution in [0.2, 0.25) is 0 Å². The van der Waals surface area contributed by atoms with E-state index in [0.29, 0.717) is 16.7 Å². The van der Waals surface area contributed by atoms with Gasteiger partial charge in [0.1, 0.15) is 30.0 Å².